The molecule has 4 aromatic rings. The molecule has 0 aliphatic heterocycles. The molecule has 0 fully saturated rings. The molecule has 0 bridgehead atoms. The van der Waals surface area contributed by atoms with Crippen molar-refractivity contribution in [1.29, 1.82) is 0 Å². The summed E-state index contributed by atoms with van der Waals surface area (Å²) >= 11 is 0. The van der Waals surface area contributed by atoms with Gasteiger partial charge in [-0.3, -0.25) is 14.7 Å². The fraction of sp³-hybridized carbons (Fsp3) is 0.200. The van der Waals surface area contributed by atoms with E-state index in [-0.39, 0.29) is 34.9 Å². The van der Waals surface area contributed by atoms with Crippen LogP contribution in [0.2, 0.25) is 0 Å². The smallest absolute Gasteiger partial charge is 0.295 e. The molecular formula is C25H23NO7S. The lowest BCUT2D eigenvalue weighted by atomic mass is 9.96. The van der Waals surface area contributed by atoms with Crippen molar-refractivity contribution in [2.45, 2.75) is 25.2 Å². The van der Waals surface area contributed by atoms with Crippen molar-refractivity contribution in [3.63, 3.8) is 0 Å². The largest absolute Gasteiger partial charge is 0.490 e. The summed E-state index contributed by atoms with van der Waals surface area (Å²) in [6.45, 7) is 4.12. The molecular weight excluding hydrogens is 458 g/mol. The highest BCUT2D eigenvalue weighted by atomic mass is 32.2. The van der Waals surface area contributed by atoms with Gasteiger partial charge < -0.3 is 9.47 Å². The minimum Gasteiger partial charge on any atom is -0.490 e. The molecule has 9 heteroatoms. The van der Waals surface area contributed by atoms with Gasteiger partial charge in [0.15, 0.2) is 11.5 Å². The van der Waals surface area contributed by atoms with Gasteiger partial charge in [0.2, 0.25) is 0 Å². The van der Waals surface area contributed by atoms with Crippen LogP contribution < -0.4 is 9.47 Å². The predicted octanol–water partition coefficient (Wildman–Crippen LogP) is 5.54. The van der Waals surface area contributed by atoms with E-state index >= 15 is 0 Å². The van der Waals surface area contributed by atoms with Crippen molar-refractivity contribution in [3.05, 3.63) is 81.9 Å². The summed E-state index contributed by atoms with van der Waals surface area (Å²) in [6.07, 6.45) is 0.0469. The molecule has 176 valence electrons. The van der Waals surface area contributed by atoms with Crippen molar-refractivity contribution >= 4 is 37.4 Å². The number of fused-ring (bicyclic) bond motifs is 2. The number of hydrogen-bond acceptors (Lipinski definition) is 6. The first-order chi connectivity index (χ1) is 16.2. The molecule has 0 aromatic heterocycles. The molecule has 0 aliphatic carbocycles. The van der Waals surface area contributed by atoms with Crippen molar-refractivity contribution < 1.29 is 27.4 Å². The molecule has 0 spiro atoms. The molecule has 0 heterocycles. The first-order valence-corrected chi connectivity index (χ1v) is 12.2. The van der Waals surface area contributed by atoms with Crippen molar-refractivity contribution in [1.82, 2.24) is 0 Å². The number of ether oxygens (including phenoxy) is 2. The Kier molecular flexibility index (Phi) is 6.41. The summed E-state index contributed by atoms with van der Waals surface area (Å²) in [4.78, 5) is 10.3. The Hall–Kier alpha value is -3.69. The first-order valence-electron chi connectivity index (χ1n) is 10.7. The average Bonchev–Trinajstić information content (AvgIpc) is 2.79. The Morgan fingerprint density at radius 1 is 0.882 bits per heavy atom. The van der Waals surface area contributed by atoms with Crippen LogP contribution in [-0.2, 0) is 16.5 Å². The molecule has 0 saturated heterocycles. The normalized spacial score (nSPS) is 11.6. The predicted molar refractivity (Wildman–Crippen MR) is 130 cm³/mol. The van der Waals surface area contributed by atoms with Gasteiger partial charge in [-0.15, -0.1) is 0 Å². The Bertz CT molecular complexity index is 1500. The Labute approximate surface area is 196 Å². The maximum atomic E-state index is 12.7. The first kappa shape index (κ1) is 23.5. The molecule has 0 atom stereocenters. The van der Waals surface area contributed by atoms with E-state index in [0.717, 1.165) is 10.8 Å². The zero-order valence-corrected chi connectivity index (χ0v) is 19.5. The second kappa shape index (κ2) is 9.28. The van der Waals surface area contributed by atoms with Gasteiger partial charge in [-0.2, -0.15) is 8.42 Å². The quantitative estimate of drug-likeness (QED) is 0.152. The number of non-ortho nitro benzene ring substituents is 1. The van der Waals surface area contributed by atoms with Crippen LogP contribution in [0.4, 0.5) is 5.69 Å². The lowest BCUT2D eigenvalue weighted by molar-refractivity contribution is -0.384. The molecule has 0 unspecified atom stereocenters. The van der Waals surface area contributed by atoms with Crippen LogP contribution in [0.5, 0.6) is 11.5 Å². The van der Waals surface area contributed by atoms with Gasteiger partial charge in [-0.05, 0) is 42.3 Å². The SMILES string of the molecule is CCOc1c(Cc2ccc([N+](=O)[O-])cc2)c(S(=O)(=O)O)c2cc3ccccc3cc2c1OCC. The monoisotopic (exact) mass is 481 g/mol. The third kappa shape index (κ3) is 4.40. The van der Waals surface area contributed by atoms with Crippen molar-refractivity contribution in [2.24, 2.45) is 0 Å². The van der Waals surface area contributed by atoms with Crippen LogP contribution in [0.3, 0.4) is 0 Å². The van der Waals surface area contributed by atoms with E-state index in [4.69, 9.17) is 9.47 Å². The van der Waals surface area contributed by atoms with Gasteiger partial charge >= 0.3 is 0 Å². The second-order valence-corrected chi connectivity index (χ2v) is 9.01. The highest BCUT2D eigenvalue weighted by molar-refractivity contribution is 7.86. The highest BCUT2D eigenvalue weighted by Crippen LogP contribution is 2.46. The van der Waals surface area contributed by atoms with E-state index in [1.807, 2.05) is 37.3 Å². The number of nitrogens with zero attached hydrogens (tertiary/aromatic N) is 1. The van der Waals surface area contributed by atoms with Crippen LogP contribution in [-0.4, -0.2) is 31.1 Å². The van der Waals surface area contributed by atoms with Crippen LogP contribution in [0.1, 0.15) is 25.0 Å². The maximum absolute atomic E-state index is 12.7. The highest BCUT2D eigenvalue weighted by Gasteiger charge is 2.29. The standard InChI is InChI=1S/C25H23NO7S/c1-3-32-23-20-14-17-7-5-6-8-18(17)15-21(20)25(34(29,30)31)22(24(23)33-4-2)13-16-9-11-19(12-10-16)26(27)28/h5-12,14-15H,3-4,13H2,1-2H3,(H,29,30,31). The second-order valence-electron chi connectivity index (χ2n) is 7.65. The number of nitro groups is 1. The van der Waals surface area contributed by atoms with E-state index < -0.39 is 15.0 Å². The topological polar surface area (TPSA) is 116 Å². The molecule has 0 aliphatic rings. The van der Waals surface area contributed by atoms with Gasteiger partial charge in [0.05, 0.1) is 18.1 Å². The molecule has 8 nitrogen and oxygen atoms in total. The van der Waals surface area contributed by atoms with Gasteiger partial charge in [0.1, 0.15) is 4.90 Å². The summed E-state index contributed by atoms with van der Waals surface area (Å²) in [6, 6.07) is 16.8. The number of benzene rings is 4. The van der Waals surface area contributed by atoms with Gasteiger partial charge in [-0.25, -0.2) is 0 Å². The summed E-state index contributed by atoms with van der Waals surface area (Å²) in [5, 5.41) is 13.5. The van der Waals surface area contributed by atoms with Gasteiger partial charge in [0.25, 0.3) is 15.8 Å². The van der Waals surface area contributed by atoms with Gasteiger partial charge in [-0.1, -0.05) is 36.4 Å². The van der Waals surface area contributed by atoms with E-state index in [2.05, 4.69) is 0 Å². The molecule has 4 aromatic carbocycles. The molecule has 1 N–H and O–H groups in total. The molecule has 34 heavy (non-hydrogen) atoms. The molecule has 0 saturated carbocycles. The maximum Gasteiger partial charge on any atom is 0.295 e. The fourth-order valence-corrected chi connectivity index (χ4v) is 5.04. The Morgan fingerprint density at radius 3 is 1.97 bits per heavy atom. The van der Waals surface area contributed by atoms with E-state index in [0.29, 0.717) is 28.7 Å². The van der Waals surface area contributed by atoms with Crippen molar-refractivity contribution in [3.8, 4) is 11.5 Å². The van der Waals surface area contributed by atoms with Crippen molar-refractivity contribution in [2.75, 3.05) is 13.2 Å². The third-order valence-corrected chi connectivity index (χ3v) is 6.48. The van der Waals surface area contributed by atoms with Crippen LogP contribution in [0.15, 0.2) is 65.6 Å². The van der Waals surface area contributed by atoms with Crippen LogP contribution in [0, 0.1) is 10.1 Å². The molecule has 0 amide bonds. The molecule has 0 radical (unpaired) electrons. The van der Waals surface area contributed by atoms with E-state index in [9.17, 15) is 23.1 Å². The summed E-state index contributed by atoms with van der Waals surface area (Å²) in [5.74, 6) is 0.604. The van der Waals surface area contributed by atoms with E-state index in [1.54, 1.807) is 25.1 Å². The Balaban J connectivity index is 2.10. The number of hydrogen-bond donors (Lipinski definition) is 1. The zero-order chi connectivity index (χ0) is 24.5. The average molecular weight is 482 g/mol. The Morgan fingerprint density at radius 2 is 1.44 bits per heavy atom. The lowest BCUT2D eigenvalue weighted by Gasteiger charge is -2.21. The third-order valence-electron chi connectivity index (χ3n) is 5.49. The summed E-state index contributed by atoms with van der Waals surface area (Å²) in [5.41, 5.74) is 0.757. The summed E-state index contributed by atoms with van der Waals surface area (Å²) in [7, 11) is -4.69. The minimum atomic E-state index is -4.69. The van der Waals surface area contributed by atoms with E-state index in [1.165, 1.54) is 12.1 Å². The summed E-state index contributed by atoms with van der Waals surface area (Å²) < 4.78 is 47.7. The van der Waals surface area contributed by atoms with Crippen LogP contribution >= 0.6 is 0 Å². The fourth-order valence-electron chi connectivity index (χ4n) is 4.12. The lowest BCUT2D eigenvalue weighted by Crippen LogP contribution is -2.10. The zero-order valence-electron chi connectivity index (χ0n) is 18.6. The number of nitro benzene ring substituents is 1. The molecule has 4 rings (SSSR count). The minimum absolute atomic E-state index is 0.0469. The van der Waals surface area contributed by atoms with Gasteiger partial charge in [0, 0.05) is 34.9 Å². The van der Waals surface area contributed by atoms with Crippen LogP contribution in [0.25, 0.3) is 21.5 Å². The number of rotatable bonds is 8.